The number of aryl methyl sites for hydroxylation is 1. The van der Waals surface area contributed by atoms with Gasteiger partial charge in [0.05, 0.1) is 12.2 Å². The van der Waals surface area contributed by atoms with E-state index in [0.29, 0.717) is 12.8 Å². The third kappa shape index (κ3) is 17.5. The minimum absolute atomic E-state index is 0.00661. The second-order valence-electron chi connectivity index (χ2n) is 6.79. The third-order valence-corrected chi connectivity index (χ3v) is 3.79. The van der Waals surface area contributed by atoms with Gasteiger partial charge in [-0.1, -0.05) is 93.0 Å². The average molecular weight is 413 g/mol. The van der Waals surface area contributed by atoms with Crippen LogP contribution in [0.4, 0.5) is 0 Å². The standard InChI is InChI=1S/C23H28O4.C3H8/c24-21(22(25)18-13-19-23(26)27)17-12-7-5-3-1-2-4-6-9-14-20-15-10-8-11-16-20;1-3-2/h1,3,5,7-8,10-12,15-17,21-22,24-25H,2,9,13-14,18-19H2,(H,26,27);3H2,1-2H3/b3-1-,7-5+,17-12+;/t21-,22+;/m1./s1. The number of hydrogen-bond acceptors (Lipinski definition) is 3. The molecule has 0 bridgehead atoms. The number of aliphatic hydroxyl groups is 2. The van der Waals surface area contributed by atoms with Crippen LogP contribution in [0.1, 0.15) is 57.9 Å². The topological polar surface area (TPSA) is 77.8 Å². The van der Waals surface area contributed by atoms with Gasteiger partial charge in [-0.25, -0.2) is 0 Å². The van der Waals surface area contributed by atoms with Crippen molar-refractivity contribution in [2.75, 3.05) is 0 Å². The van der Waals surface area contributed by atoms with Crippen LogP contribution < -0.4 is 0 Å². The average Bonchev–Trinajstić information content (AvgIpc) is 2.72. The summed E-state index contributed by atoms with van der Waals surface area (Å²) in [7, 11) is 0. The van der Waals surface area contributed by atoms with E-state index in [1.54, 1.807) is 12.2 Å². The number of aliphatic hydroxyl groups excluding tert-OH is 2. The SMILES string of the molecule is CCC.O=C(O)CCC[C@H](O)[C@H](O)/C=C/C=C/C=C\CC#CCCc1ccccc1. The summed E-state index contributed by atoms with van der Waals surface area (Å²) >= 11 is 0. The smallest absolute Gasteiger partial charge is 0.303 e. The van der Waals surface area contributed by atoms with E-state index >= 15 is 0 Å². The molecule has 0 fully saturated rings. The summed E-state index contributed by atoms with van der Waals surface area (Å²) < 4.78 is 0. The first-order valence-electron chi connectivity index (χ1n) is 10.6. The zero-order valence-corrected chi connectivity index (χ0v) is 18.2. The molecule has 0 radical (unpaired) electrons. The number of hydrogen-bond donors (Lipinski definition) is 3. The molecule has 30 heavy (non-hydrogen) atoms. The summed E-state index contributed by atoms with van der Waals surface area (Å²) in [4.78, 5) is 10.4. The molecule has 0 heterocycles. The Bertz CT molecular complexity index is 693. The first-order chi connectivity index (χ1) is 14.5. The van der Waals surface area contributed by atoms with E-state index in [0.717, 1.165) is 12.8 Å². The van der Waals surface area contributed by atoms with E-state index in [1.807, 2.05) is 36.4 Å². The summed E-state index contributed by atoms with van der Waals surface area (Å²) in [6.45, 7) is 4.25. The molecule has 0 spiro atoms. The van der Waals surface area contributed by atoms with Crippen molar-refractivity contribution in [1.82, 2.24) is 0 Å². The van der Waals surface area contributed by atoms with E-state index in [-0.39, 0.29) is 12.8 Å². The van der Waals surface area contributed by atoms with E-state index in [1.165, 1.54) is 18.1 Å². The maximum Gasteiger partial charge on any atom is 0.303 e. The van der Waals surface area contributed by atoms with Crippen LogP contribution in [0.25, 0.3) is 0 Å². The van der Waals surface area contributed by atoms with Gasteiger partial charge in [-0.05, 0) is 24.8 Å². The fraction of sp³-hybridized carbons (Fsp3) is 0.423. The molecule has 0 aromatic heterocycles. The zero-order chi connectivity index (χ0) is 22.5. The summed E-state index contributed by atoms with van der Waals surface area (Å²) in [5.74, 6) is 5.35. The van der Waals surface area contributed by atoms with Gasteiger partial charge < -0.3 is 15.3 Å². The lowest BCUT2D eigenvalue weighted by atomic mass is 10.1. The number of allylic oxidation sites excluding steroid dienone is 5. The Kier molecular flexibility index (Phi) is 18.0. The normalized spacial score (nSPS) is 12.9. The van der Waals surface area contributed by atoms with Crippen molar-refractivity contribution < 1.29 is 20.1 Å². The number of carboxylic acid groups (broad SMARTS) is 1. The second kappa shape index (κ2) is 19.7. The highest BCUT2D eigenvalue weighted by Gasteiger charge is 2.12. The number of rotatable bonds is 11. The molecule has 1 aromatic carbocycles. The van der Waals surface area contributed by atoms with E-state index in [2.05, 4.69) is 37.8 Å². The number of carboxylic acids is 1. The summed E-state index contributed by atoms with van der Waals surface area (Å²) in [6, 6.07) is 10.3. The molecule has 1 rings (SSSR count). The predicted octanol–water partition coefficient (Wildman–Crippen LogP) is 5.07. The molecular formula is C26H36O4. The number of carbonyl (C=O) groups is 1. The lowest BCUT2D eigenvalue weighted by Gasteiger charge is -2.13. The maximum atomic E-state index is 10.4. The molecule has 2 atom stereocenters. The van der Waals surface area contributed by atoms with Gasteiger partial charge in [0.2, 0.25) is 0 Å². The molecule has 0 aliphatic rings. The van der Waals surface area contributed by atoms with E-state index in [4.69, 9.17) is 5.11 Å². The monoisotopic (exact) mass is 412 g/mol. The van der Waals surface area contributed by atoms with Crippen molar-refractivity contribution >= 4 is 5.97 Å². The second-order valence-corrected chi connectivity index (χ2v) is 6.79. The van der Waals surface area contributed by atoms with Crippen LogP contribution in [0.2, 0.25) is 0 Å². The molecule has 1 aromatic rings. The van der Waals surface area contributed by atoms with Crippen molar-refractivity contribution in [3.05, 3.63) is 72.4 Å². The van der Waals surface area contributed by atoms with Gasteiger partial charge in [0.1, 0.15) is 0 Å². The highest BCUT2D eigenvalue weighted by molar-refractivity contribution is 5.66. The van der Waals surface area contributed by atoms with Crippen LogP contribution in [0.15, 0.2) is 66.8 Å². The minimum atomic E-state index is -0.997. The Balaban J connectivity index is 0.00000263. The fourth-order valence-electron chi connectivity index (χ4n) is 2.29. The summed E-state index contributed by atoms with van der Waals surface area (Å²) in [5, 5.41) is 28.0. The van der Waals surface area contributed by atoms with Crippen molar-refractivity contribution in [1.29, 1.82) is 0 Å². The van der Waals surface area contributed by atoms with Gasteiger partial charge in [0.15, 0.2) is 0 Å². The molecular weight excluding hydrogens is 376 g/mol. The van der Waals surface area contributed by atoms with Crippen LogP contribution in [-0.2, 0) is 11.2 Å². The third-order valence-electron chi connectivity index (χ3n) is 3.79. The van der Waals surface area contributed by atoms with Crippen molar-refractivity contribution in [3.63, 3.8) is 0 Å². The molecule has 164 valence electrons. The fourth-order valence-corrected chi connectivity index (χ4v) is 2.29. The Hall–Kier alpha value is -2.61. The molecule has 0 aliphatic carbocycles. The zero-order valence-electron chi connectivity index (χ0n) is 18.2. The van der Waals surface area contributed by atoms with Gasteiger partial charge >= 0.3 is 5.97 Å². The van der Waals surface area contributed by atoms with Crippen LogP contribution in [-0.4, -0.2) is 33.5 Å². The van der Waals surface area contributed by atoms with Crippen LogP contribution >= 0.6 is 0 Å². The van der Waals surface area contributed by atoms with Crippen LogP contribution in [0.5, 0.6) is 0 Å². The Morgan fingerprint density at radius 3 is 2.37 bits per heavy atom. The number of benzene rings is 1. The van der Waals surface area contributed by atoms with Crippen LogP contribution in [0, 0.1) is 11.8 Å². The van der Waals surface area contributed by atoms with E-state index in [9.17, 15) is 15.0 Å². The first-order valence-corrected chi connectivity index (χ1v) is 10.6. The van der Waals surface area contributed by atoms with Crippen molar-refractivity contribution in [2.24, 2.45) is 0 Å². The maximum absolute atomic E-state index is 10.4. The molecule has 0 aliphatic heterocycles. The van der Waals surface area contributed by atoms with Gasteiger partial charge in [-0.15, -0.1) is 5.92 Å². The molecule has 0 unspecified atom stereocenters. The van der Waals surface area contributed by atoms with Gasteiger partial charge in [-0.3, -0.25) is 4.79 Å². The molecule has 4 nitrogen and oxygen atoms in total. The van der Waals surface area contributed by atoms with Crippen molar-refractivity contribution in [2.45, 2.75) is 71.0 Å². The highest BCUT2D eigenvalue weighted by Crippen LogP contribution is 2.06. The molecule has 0 amide bonds. The van der Waals surface area contributed by atoms with Gasteiger partial charge in [0, 0.05) is 19.3 Å². The molecule has 3 N–H and O–H groups in total. The van der Waals surface area contributed by atoms with Crippen LogP contribution in [0.3, 0.4) is 0 Å². The lowest BCUT2D eigenvalue weighted by Crippen LogP contribution is -2.23. The molecule has 0 saturated heterocycles. The summed E-state index contributed by atoms with van der Waals surface area (Å²) in [6.07, 6.45) is 13.0. The quantitative estimate of drug-likeness (QED) is 0.350. The lowest BCUT2D eigenvalue weighted by molar-refractivity contribution is -0.137. The molecule has 0 saturated carbocycles. The molecule has 4 heteroatoms. The predicted molar refractivity (Wildman–Crippen MR) is 124 cm³/mol. The largest absolute Gasteiger partial charge is 0.481 e. The minimum Gasteiger partial charge on any atom is -0.481 e. The Labute approximate surface area is 181 Å². The first kappa shape index (κ1) is 27.4. The van der Waals surface area contributed by atoms with Crippen molar-refractivity contribution in [3.8, 4) is 11.8 Å². The van der Waals surface area contributed by atoms with Gasteiger partial charge in [0.25, 0.3) is 0 Å². The van der Waals surface area contributed by atoms with E-state index < -0.39 is 18.2 Å². The number of aliphatic carboxylic acids is 1. The Morgan fingerprint density at radius 1 is 1.03 bits per heavy atom. The highest BCUT2D eigenvalue weighted by atomic mass is 16.4. The Morgan fingerprint density at radius 2 is 1.70 bits per heavy atom. The summed E-state index contributed by atoms with van der Waals surface area (Å²) in [5.41, 5.74) is 1.30. The van der Waals surface area contributed by atoms with Gasteiger partial charge in [-0.2, -0.15) is 0 Å².